The van der Waals surface area contributed by atoms with Crippen molar-refractivity contribution in [2.45, 2.75) is 38.5 Å². The van der Waals surface area contributed by atoms with E-state index >= 15 is 0 Å². The average molecular weight is 328 g/mol. The van der Waals surface area contributed by atoms with Crippen LogP contribution in [-0.2, 0) is 0 Å². The molecular formula is C15H25N3OS2. The fourth-order valence-electron chi connectivity index (χ4n) is 2.53. The normalized spacial score (nSPS) is 16.0. The molecule has 0 atom stereocenters. The van der Waals surface area contributed by atoms with Crippen molar-refractivity contribution in [3.8, 4) is 0 Å². The molecule has 0 radical (unpaired) electrons. The maximum Gasteiger partial charge on any atom is 0.263 e. The molecule has 1 saturated carbocycles. The Labute approximate surface area is 135 Å². The Morgan fingerprint density at radius 1 is 1.48 bits per heavy atom. The lowest BCUT2D eigenvalue weighted by molar-refractivity contribution is 0.0960. The van der Waals surface area contributed by atoms with Crippen molar-refractivity contribution in [2.24, 2.45) is 11.3 Å². The van der Waals surface area contributed by atoms with Crippen LogP contribution in [0.1, 0.15) is 43.3 Å². The SMILES string of the molecule is CCNC(=O)c1sc(NCC2(C(C)C)CC2)c(SC)c1N. The summed E-state index contributed by atoms with van der Waals surface area (Å²) in [6.45, 7) is 8.06. The van der Waals surface area contributed by atoms with E-state index in [9.17, 15) is 4.79 Å². The van der Waals surface area contributed by atoms with Gasteiger partial charge >= 0.3 is 0 Å². The van der Waals surface area contributed by atoms with Gasteiger partial charge in [-0.25, -0.2) is 0 Å². The Morgan fingerprint density at radius 2 is 2.14 bits per heavy atom. The molecule has 0 bridgehead atoms. The van der Waals surface area contributed by atoms with Crippen molar-refractivity contribution >= 4 is 39.7 Å². The minimum atomic E-state index is -0.0756. The van der Waals surface area contributed by atoms with E-state index in [4.69, 9.17) is 5.73 Å². The lowest BCUT2D eigenvalue weighted by atomic mass is 9.92. The third kappa shape index (κ3) is 3.31. The Balaban J connectivity index is 2.15. The van der Waals surface area contributed by atoms with Gasteiger partial charge in [0.1, 0.15) is 9.88 Å². The minimum absolute atomic E-state index is 0.0756. The molecule has 0 saturated heterocycles. The van der Waals surface area contributed by atoms with E-state index in [0.29, 0.717) is 28.4 Å². The van der Waals surface area contributed by atoms with Crippen LogP contribution in [0.15, 0.2) is 4.90 Å². The number of nitrogens with one attached hydrogen (secondary N) is 2. The summed E-state index contributed by atoms with van der Waals surface area (Å²) in [5.41, 5.74) is 7.19. The molecule has 1 aromatic heterocycles. The first-order chi connectivity index (χ1) is 9.95. The van der Waals surface area contributed by atoms with Crippen molar-refractivity contribution in [3.63, 3.8) is 0 Å². The molecule has 2 rings (SSSR count). The first-order valence-electron chi connectivity index (χ1n) is 7.43. The Morgan fingerprint density at radius 3 is 2.62 bits per heavy atom. The smallest absolute Gasteiger partial charge is 0.263 e. The molecule has 4 nitrogen and oxygen atoms in total. The van der Waals surface area contributed by atoms with Crippen molar-refractivity contribution in [1.82, 2.24) is 5.32 Å². The molecule has 4 N–H and O–H groups in total. The van der Waals surface area contributed by atoms with Gasteiger partial charge in [0.25, 0.3) is 5.91 Å². The fraction of sp³-hybridized carbons (Fsp3) is 0.667. The second-order valence-corrected chi connectivity index (χ2v) is 7.77. The highest BCUT2D eigenvalue weighted by Crippen LogP contribution is 2.52. The van der Waals surface area contributed by atoms with E-state index in [1.54, 1.807) is 11.8 Å². The molecule has 0 aromatic carbocycles. The number of thiophene rings is 1. The van der Waals surface area contributed by atoms with E-state index in [0.717, 1.165) is 16.4 Å². The van der Waals surface area contributed by atoms with Gasteiger partial charge in [-0.15, -0.1) is 23.1 Å². The highest BCUT2D eigenvalue weighted by atomic mass is 32.2. The summed E-state index contributed by atoms with van der Waals surface area (Å²) < 4.78 is 0. The minimum Gasteiger partial charge on any atom is -0.396 e. The van der Waals surface area contributed by atoms with E-state index in [1.807, 2.05) is 13.2 Å². The number of hydrogen-bond donors (Lipinski definition) is 3. The van der Waals surface area contributed by atoms with Crippen LogP contribution >= 0.6 is 23.1 Å². The van der Waals surface area contributed by atoms with Gasteiger partial charge < -0.3 is 16.4 Å². The molecule has 1 aliphatic carbocycles. The van der Waals surface area contributed by atoms with E-state index in [-0.39, 0.29) is 5.91 Å². The largest absolute Gasteiger partial charge is 0.396 e. The van der Waals surface area contributed by atoms with Crippen LogP contribution in [0.5, 0.6) is 0 Å². The first kappa shape index (κ1) is 16.5. The first-order valence-corrected chi connectivity index (χ1v) is 9.47. The maximum absolute atomic E-state index is 12.1. The lowest BCUT2D eigenvalue weighted by Gasteiger charge is -2.20. The summed E-state index contributed by atoms with van der Waals surface area (Å²) >= 11 is 3.07. The molecule has 21 heavy (non-hydrogen) atoms. The summed E-state index contributed by atoms with van der Waals surface area (Å²) in [4.78, 5) is 13.7. The second-order valence-electron chi connectivity index (χ2n) is 5.94. The third-order valence-electron chi connectivity index (χ3n) is 4.37. The Hall–Kier alpha value is -0.880. The highest BCUT2D eigenvalue weighted by Gasteiger charge is 2.45. The topological polar surface area (TPSA) is 67.2 Å². The van der Waals surface area contributed by atoms with Gasteiger partial charge in [0, 0.05) is 13.1 Å². The number of thioether (sulfide) groups is 1. The number of hydrogen-bond acceptors (Lipinski definition) is 5. The van der Waals surface area contributed by atoms with Gasteiger partial charge in [-0.05, 0) is 37.4 Å². The lowest BCUT2D eigenvalue weighted by Crippen LogP contribution is -2.22. The second kappa shape index (κ2) is 6.48. The monoisotopic (exact) mass is 327 g/mol. The number of carbonyl (C=O) groups is 1. The van der Waals surface area contributed by atoms with Gasteiger partial charge in [-0.1, -0.05) is 13.8 Å². The van der Waals surface area contributed by atoms with Crippen LogP contribution in [0.3, 0.4) is 0 Å². The molecule has 1 amide bonds. The zero-order valence-corrected chi connectivity index (χ0v) is 14.8. The number of carbonyl (C=O) groups excluding carboxylic acids is 1. The predicted molar refractivity (Wildman–Crippen MR) is 93.5 cm³/mol. The standard InChI is InChI=1S/C15H25N3OS2/c1-5-17-13(19)11-10(16)12(20-4)14(21-11)18-8-15(6-7-15)9(2)3/h9,18H,5-8,16H2,1-4H3,(H,17,19). The van der Waals surface area contributed by atoms with E-state index < -0.39 is 0 Å². The third-order valence-corrected chi connectivity index (χ3v) is 6.49. The Kier molecular flexibility index (Phi) is 5.09. The molecule has 1 heterocycles. The van der Waals surface area contributed by atoms with Gasteiger partial charge in [0.15, 0.2) is 0 Å². The van der Waals surface area contributed by atoms with E-state index in [2.05, 4.69) is 24.5 Å². The van der Waals surface area contributed by atoms with Crippen LogP contribution in [0.25, 0.3) is 0 Å². The number of anilines is 2. The van der Waals surface area contributed by atoms with Gasteiger partial charge in [-0.3, -0.25) is 4.79 Å². The summed E-state index contributed by atoms with van der Waals surface area (Å²) in [5.74, 6) is 0.608. The van der Waals surface area contributed by atoms with Crippen LogP contribution in [0.2, 0.25) is 0 Å². The molecule has 0 spiro atoms. The maximum atomic E-state index is 12.1. The molecule has 0 aliphatic heterocycles. The molecule has 6 heteroatoms. The van der Waals surface area contributed by atoms with Crippen LogP contribution < -0.4 is 16.4 Å². The van der Waals surface area contributed by atoms with E-state index in [1.165, 1.54) is 24.2 Å². The number of nitrogen functional groups attached to an aromatic ring is 1. The fourth-order valence-corrected chi connectivity index (χ4v) is 4.48. The molecule has 1 aromatic rings. The molecule has 0 unspecified atom stereocenters. The highest BCUT2D eigenvalue weighted by molar-refractivity contribution is 7.99. The quantitative estimate of drug-likeness (QED) is 0.669. The van der Waals surface area contributed by atoms with Gasteiger partial charge in [0.2, 0.25) is 0 Å². The van der Waals surface area contributed by atoms with Crippen molar-refractivity contribution in [1.29, 1.82) is 0 Å². The number of amides is 1. The summed E-state index contributed by atoms with van der Waals surface area (Å²) in [7, 11) is 0. The van der Waals surface area contributed by atoms with Crippen LogP contribution in [0, 0.1) is 11.3 Å². The predicted octanol–water partition coefficient (Wildman–Crippen LogP) is 3.65. The summed E-state index contributed by atoms with van der Waals surface area (Å²) in [6, 6.07) is 0. The zero-order valence-electron chi connectivity index (χ0n) is 13.2. The van der Waals surface area contributed by atoms with Crippen molar-refractivity contribution in [2.75, 3.05) is 30.4 Å². The Bertz CT molecular complexity index is 521. The average Bonchev–Trinajstić information content (AvgIpc) is 3.16. The van der Waals surface area contributed by atoms with Crippen LogP contribution in [-0.4, -0.2) is 25.3 Å². The molecule has 1 aliphatic rings. The molecule has 1 fully saturated rings. The van der Waals surface area contributed by atoms with Gasteiger partial charge in [0.05, 0.1) is 10.6 Å². The number of rotatable bonds is 7. The zero-order chi connectivity index (χ0) is 15.6. The van der Waals surface area contributed by atoms with Crippen LogP contribution in [0.4, 0.5) is 10.7 Å². The van der Waals surface area contributed by atoms with Crippen molar-refractivity contribution in [3.05, 3.63) is 4.88 Å². The summed E-state index contributed by atoms with van der Waals surface area (Å²) in [6.07, 6.45) is 4.58. The number of nitrogens with two attached hydrogens (primary N) is 1. The van der Waals surface area contributed by atoms with Gasteiger partial charge in [-0.2, -0.15) is 0 Å². The van der Waals surface area contributed by atoms with Crippen molar-refractivity contribution < 1.29 is 4.79 Å². The summed E-state index contributed by atoms with van der Waals surface area (Å²) in [5, 5.41) is 7.40. The molecule has 118 valence electrons. The molecular weight excluding hydrogens is 302 g/mol.